The molecule has 3 aromatic rings. The van der Waals surface area contributed by atoms with Crippen LogP contribution in [0.4, 0.5) is 5.00 Å². The van der Waals surface area contributed by atoms with Gasteiger partial charge in [-0.2, -0.15) is 0 Å². The number of rotatable bonds is 5. The average molecular weight is 337 g/mol. The van der Waals surface area contributed by atoms with Gasteiger partial charge >= 0.3 is 0 Å². The molecule has 1 heterocycles. The highest BCUT2D eigenvalue weighted by Crippen LogP contribution is 2.26. The number of carbonyl (C=O) groups is 1. The fraction of sp³-hybridized carbons (Fsp3) is 0.150. The fourth-order valence-corrected chi connectivity index (χ4v) is 3.19. The number of nitrogens with one attached hydrogen (secondary N) is 1. The van der Waals surface area contributed by atoms with E-state index < -0.39 is 0 Å². The predicted molar refractivity (Wildman–Crippen MR) is 99.0 cm³/mol. The lowest BCUT2D eigenvalue weighted by molar-refractivity contribution is 0.102. The first-order valence-electron chi connectivity index (χ1n) is 7.77. The summed E-state index contributed by atoms with van der Waals surface area (Å²) in [7, 11) is 0. The Labute approximate surface area is 145 Å². The number of anilines is 1. The van der Waals surface area contributed by atoms with E-state index in [0.717, 1.165) is 16.3 Å². The summed E-state index contributed by atoms with van der Waals surface area (Å²) in [5.41, 5.74) is 2.92. The highest BCUT2D eigenvalue weighted by molar-refractivity contribution is 7.16. The second kappa shape index (κ2) is 7.32. The molecular weight excluding hydrogens is 318 g/mol. The lowest BCUT2D eigenvalue weighted by atomic mass is 10.2. The van der Waals surface area contributed by atoms with Crippen molar-refractivity contribution in [1.82, 2.24) is 0 Å². The highest BCUT2D eigenvalue weighted by Gasteiger charge is 2.09. The van der Waals surface area contributed by atoms with Gasteiger partial charge in [-0.05, 0) is 55.3 Å². The van der Waals surface area contributed by atoms with Crippen molar-refractivity contribution in [3.05, 3.63) is 82.2 Å². The van der Waals surface area contributed by atoms with Crippen LogP contribution in [-0.4, -0.2) is 5.91 Å². The molecule has 2 aromatic carbocycles. The topological polar surface area (TPSA) is 38.3 Å². The molecule has 1 aromatic heterocycles. The van der Waals surface area contributed by atoms with Crippen molar-refractivity contribution in [3.8, 4) is 5.75 Å². The molecule has 0 spiro atoms. The van der Waals surface area contributed by atoms with Crippen LogP contribution in [0.15, 0.2) is 60.7 Å². The van der Waals surface area contributed by atoms with Gasteiger partial charge in [-0.25, -0.2) is 0 Å². The minimum Gasteiger partial charge on any atom is -0.489 e. The Morgan fingerprint density at radius 2 is 1.75 bits per heavy atom. The third-order valence-electron chi connectivity index (χ3n) is 3.77. The first kappa shape index (κ1) is 16.3. The van der Waals surface area contributed by atoms with Crippen molar-refractivity contribution >= 4 is 22.2 Å². The van der Waals surface area contributed by atoms with Gasteiger partial charge in [-0.15, -0.1) is 11.3 Å². The molecule has 3 rings (SSSR count). The first-order valence-corrected chi connectivity index (χ1v) is 8.58. The maximum Gasteiger partial charge on any atom is 0.256 e. The van der Waals surface area contributed by atoms with Crippen LogP contribution in [0.25, 0.3) is 0 Å². The molecule has 0 aliphatic carbocycles. The van der Waals surface area contributed by atoms with Gasteiger partial charge in [0.15, 0.2) is 0 Å². The van der Waals surface area contributed by atoms with Crippen LogP contribution >= 0.6 is 11.3 Å². The third-order valence-corrected chi connectivity index (χ3v) is 4.84. The lowest BCUT2D eigenvalue weighted by Crippen LogP contribution is -2.10. The number of carbonyl (C=O) groups excluding carboxylic acids is 1. The number of thiophene rings is 1. The van der Waals surface area contributed by atoms with E-state index in [-0.39, 0.29) is 5.91 Å². The van der Waals surface area contributed by atoms with E-state index in [4.69, 9.17) is 4.74 Å². The Hall–Kier alpha value is -2.59. The maximum absolute atomic E-state index is 12.3. The molecule has 122 valence electrons. The first-order chi connectivity index (χ1) is 11.6. The number of hydrogen-bond acceptors (Lipinski definition) is 3. The Kier molecular flexibility index (Phi) is 4.96. The van der Waals surface area contributed by atoms with Gasteiger partial charge in [-0.1, -0.05) is 30.3 Å². The van der Waals surface area contributed by atoms with Gasteiger partial charge in [0.2, 0.25) is 0 Å². The van der Waals surface area contributed by atoms with Crippen LogP contribution in [0, 0.1) is 13.8 Å². The van der Waals surface area contributed by atoms with Crippen LogP contribution in [0.3, 0.4) is 0 Å². The van der Waals surface area contributed by atoms with Crippen LogP contribution < -0.4 is 10.1 Å². The molecule has 0 aliphatic heterocycles. The largest absolute Gasteiger partial charge is 0.489 e. The summed E-state index contributed by atoms with van der Waals surface area (Å²) < 4.78 is 5.73. The summed E-state index contributed by atoms with van der Waals surface area (Å²) in [5.74, 6) is 0.643. The molecule has 1 N–H and O–H groups in total. The average Bonchev–Trinajstić information content (AvgIpc) is 2.92. The molecule has 0 bridgehead atoms. The van der Waals surface area contributed by atoms with E-state index >= 15 is 0 Å². The Morgan fingerprint density at radius 1 is 1.04 bits per heavy atom. The summed E-state index contributed by atoms with van der Waals surface area (Å²) >= 11 is 1.59. The summed E-state index contributed by atoms with van der Waals surface area (Å²) in [4.78, 5) is 13.5. The van der Waals surface area contributed by atoms with Gasteiger partial charge < -0.3 is 10.1 Å². The summed E-state index contributed by atoms with van der Waals surface area (Å²) in [6, 6.07) is 19.2. The van der Waals surface area contributed by atoms with Crippen LogP contribution in [0.2, 0.25) is 0 Å². The maximum atomic E-state index is 12.3. The SMILES string of the molecule is Cc1cc(NC(=O)c2ccc(OCc3ccccc3)cc2)sc1C. The number of benzene rings is 2. The van der Waals surface area contributed by atoms with Gasteiger partial charge in [-0.3, -0.25) is 4.79 Å². The van der Waals surface area contributed by atoms with Gasteiger partial charge in [0.25, 0.3) is 5.91 Å². The van der Waals surface area contributed by atoms with Crippen molar-refractivity contribution in [2.24, 2.45) is 0 Å². The number of ether oxygens (including phenoxy) is 1. The van der Waals surface area contributed by atoms with Gasteiger partial charge in [0, 0.05) is 10.4 Å². The lowest BCUT2D eigenvalue weighted by Gasteiger charge is -2.07. The molecule has 0 fully saturated rings. The summed E-state index contributed by atoms with van der Waals surface area (Å²) in [6.07, 6.45) is 0. The second-order valence-electron chi connectivity index (χ2n) is 5.60. The quantitative estimate of drug-likeness (QED) is 0.695. The normalized spacial score (nSPS) is 10.4. The Bertz CT molecular complexity index is 803. The molecule has 0 radical (unpaired) electrons. The number of amides is 1. The summed E-state index contributed by atoms with van der Waals surface area (Å²) in [5, 5.41) is 3.81. The predicted octanol–water partition coefficient (Wildman–Crippen LogP) is 5.20. The van der Waals surface area contributed by atoms with E-state index in [1.165, 1.54) is 10.4 Å². The zero-order valence-electron chi connectivity index (χ0n) is 13.7. The molecule has 0 unspecified atom stereocenters. The molecule has 3 nitrogen and oxygen atoms in total. The number of aryl methyl sites for hydroxylation is 2. The molecule has 4 heteroatoms. The minimum absolute atomic E-state index is 0.106. The van der Waals surface area contributed by atoms with Crippen LogP contribution in [0.1, 0.15) is 26.4 Å². The molecule has 0 saturated carbocycles. The highest BCUT2D eigenvalue weighted by atomic mass is 32.1. The van der Waals surface area contributed by atoms with E-state index in [1.54, 1.807) is 23.5 Å². The smallest absolute Gasteiger partial charge is 0.256 e. The second-order valence-corrected chi connectivity index (χ2v) is 6.86. The molecule has 0 atom stereocenters. The summed E-state index contributed by atoms with van der Waals surface area (Å²) in [6.45, 7) is 4.61. The van der Waals surface area contributed by atoms with E-state index in [9.17, 15) is 4.79 Å². The van der Waals surface area contributed by atoms with E-state index in [2.05, 4.69) is 12.2 Å². The minimum atomic E-state index is -0.106. The van der Waals surface area contributed by atoms with Crippen LogP contribution in [-0.2, 0) is 6.61 Å². The standard InChI is InChI=1S/C20H19NO2S/c1-14-12-19(24-15(14)2)21-20(22)17-8-10-18(11-9-17)23-13-16-6-4-3-5-7-16/h3-12H,13H2,1-2H3,(H,21,22). The molecule has 0 saturated heterocycles. The Balaban J connectivity index is 1.60. The molecule has 1 amide bonds. The molecular formula is C20H19NO2S. The van der Waals surface area contributed by atoms with E-state index in [1.807, 2.05) is 55.5 Å². The monoisotopic (exact) mass is 337 g/mol. The van der Waals surface area contributed by atoms with Crippen molar-refractivity contribution in [2.75, 3.05) is 5.32 Å². The van der Waals surface area contributed by atoms with Gasteiger partial charge in [0.05, 0.1) is 5.00 Å². The fourth-order valence-electron chi connectivity index (χ4n) is 2.26. The zero-order valence-corrected chi connectivity index (χ0v) is 14.5. The van der Waals surface area contributed by atoms with Gasteiger partial charge in [0.1, 0.15) is 12.4 Å². The third kappa shape index (κ3) is 4.03. The van der Waals surface area contributed by atoms with Crippen molar-refractivity contribution < 1.29 is 9.53 Å². The zero-order chi connectivity index (χ0) is 16.9. The Morgan fingerprint density at radius 3 is 2.38 bits per heavy atom. The molecule has 24 heavy (non-hydrogen) atoms. The van der Waals surface area contributed by atoms with Crippen molar-refractivity contribution in [1.29, 1.82) is 0 Å². The molecule has 0 aliphatic rings. The van der Waals surface area contributed by atoms with Crippen LogP contribution in [0.5, 0.6) is 5.75 Å². The van der Waals surface area contributed by atoms with Crippen molar-refractivity contribution in [2.45, 2.75) is 20.5 Å². The number of hydrogen-bond donors (Lipinski definition) is 1. The van der Waals surface area contributed by atoms with Crippen molar-refractivity contribution in [3.63, 3.8) is 0 Å². The van der Waals surface area contributed by atoms with E-state index in [0.29, 0.717) is 12.2 Å².